The van der Waals surface area contributed by atoms with E-state index in [9.17, 15) is 13.2 Å². The molecule has 1 atom stereocenters. The minimum Gasteiger partial charge on any atom is -0.267 e. The maximum absolute atomic E-state index is 11.8. The van der Waals surface area contributed by atoms with Crippen LogP contribution in [0.2, 0.25) is 0 Å². The predicted octanol–water partition coefficient (Wildman–Crippen LogP) is 1.87. The summed E-state index contributed by atoms with van der Waals surface area (Å²) >= 11 is 0. The summed E-state index contributed by atoms with van der Waals surface area (Å²) in [5, 5.41) is 12.9. The molecule has 0 spiro atoms. The third-order valence-electron chi connectivity index (χ3n) is 3.72. The first kappa shape index (κ1) is 19.1. The summed E-state index contributed by atoms with van der Waals surface area (Å²) in [5.74, 6) is 0. The van der Waals surface area contributed by atoms with E-state index < -0.39 is 16.3 Å². The van der Waals surface area contributed by atoms with Crippen molar-refractivity contribution in [3.05, 3.63) is 64.4 Å². The number of hydrogen-bond acceptors (Lipinski definition) is 4. The summed E-state index contributed by atoms with van der Waals surface area (Å²) in [6, 6.07) is 14.0. The normalized spacial score (nSPS) is 12.6. The molecule has 2 aromatic carbocycles. The molecule has 0 fully saturated rings. The first-order chi connectivity index (χ1) is 11.3. The first-order valence-electron chi connectivity index (χ1n) is 7.23. The van der Waals surface area contributed by atoms with E-state index in [-0.39, 0.29) is 18.0 Å². The number of nitrogens with two attached hydrogens (primary N) is 1. The van der Waals surface area contributed by atoms with E-state index in [0.29, 0.717) is 11.1 Å². The summed E-state index contributed by atoms with van der Waals surface area (Å²) in [4.78, 5) is 11.8. The fourth-order valence-electron chi connectivity index (χ4n) is 2.58. The Morgan fingerprint density at radius 2 is 1.68 bits per heavy atom. The molecule has 0 aliphatic heterocycles. The lowest BCUT2D eigenvalue weighted by Gasteiger charge is -2.13. The quantitative estimate of drug-likeness (QED) is 0.640. The van der Waals surface area contributed by atoms with Gasteiger partial charge in [-0.05, 0) is 18.6 Å². The van der Waals surface area contributed by atoms with E-state index in [1.165, 1.54) is 0 Å². The summed E-state index contributed by atoms with van der Waals surface area (Å²) in [6.45, 7) is 1.70. The first-order valence-corrected chi connectivity index (χ1v) is 8.77. The SMILES string of the molecule is C[C@@H](NS(N)(=O)=O)c1ccc(-c2n[nH]c(=O)c3ccccc23)cc1.Cl. The lowest BCUT2D eigenvalue weighted by molar-refractivity contribution is 0.568. The second-order valence-electron chi connectivity index (χ2n) is 5.45. The molecule has 0 bridgehead atoms. The van der Waals surface area contributed by atoms with Gasteiger partial charge >= 0.3 is 0 Å². The van der Waals surface area contributed by atoms with Crippen molar-refractivity contribution in [2.45, 2.75) is 13.0 Å². The number of benzene rings is 2. The van der Waals surface area contributed by atoms with Crippen LogP contribution in [0.1, 0.15) is 18.5 Å². The Morgan fingerprint density at radius 1 is 1.08 bits per heavy atom. The Morgan fingerprint density at radius 3 is 2.28 bits per heavy atom. The third kappa shape index (κ3) is 4.23. The fourth-order valence-corrected chi connectivity index (χ4v) is 3.21. The van der Waals surface area contributed by atoms with Gasteiger partial charge in [-0.3, -0.25) is 4.79 Å². The van der Waals surface area contributed by atoms with E-state index >= 15 is 0 Å². The maximum Gasteiger partial charge on any atom is 0.274 e. The van der Waals surface area contributed by atoms with Crippen LogP contribution >= 0.6 is 12.4 Å². The molecule has 0 saturated carbocycles. The average molecular weight is 381 g/mol. The van der Waals surface area contributed by atoms with Gasteiger partial charge in [-0.2, -0.15) is 18.2 Å². The minimum atomic E-state index is -3.77. The highest BCUT2D eigenvalue weighted by atomic mass is 35.5. The highest BCUT2D eigenvalue weighted by Crippen LogP contribution is 2.25. The van der Waals surface area contributed by atoms with Gasteiger partial charge in [-0.25, -0.2) is 10.2 Å². The molecule has 25 heavy (non-hydrogen) atoms. The van der Waals surface area contributed by atoms with E-state index in [2.05, 4.69) is 14.9 Å². The average Bonchev–Trinajstić information content (AvgIpc) is 2.54. The van der Waals surface area contributed by atoms with Gasteiger partial charge in [0.05, 0.1) is 11.1 Å². The van der Waals surface area contributed by atoms with Crippen molar-refractivity contribution in [1.29, 1.82) is 0 Å². The standard InChI is InChI=1S/C16H16N4O3S.ClH/c1-10(20-24(17,22)23)11-6-8-12(9-7-11)15-13-4-2-3-5-14(13)16(21)19-18-15;/h2-10,20H,1H3,(H,19,21)(H2,17,22,23);1H/t10-;/m1./s1. The highest BCUT2D eigenvalue weighted by Gasteiger charge is 2.12. The molecule has 0 aliphatic rings. The molecule has 1 aromatic heterocycles. The van der Waals surface area contributed by atoms with Gasteiger partial charge < -0.3 is 0 Å². The largest absolute Gasteiger partial charge is 0.274 e. The van der Waals surface area contributed by atoms with Crippen LogP contribution in [-0.4, -0.2) is 18.6 Å². The number of H-pyrrole nitrogens is 1. The van der Waals surface area contributed by atoms with Gasteiger partial charge in [-0.1, -0.05) is 42.5 Å². The van der Waals surface area contributed by atoms with Crippen molar-refractivity contribution >= 4 is 33.4 Å². The lowest BCUT2D eigenvalue weighted by atomic mass is 10.0. The van der Waals surface area contributed by atoms with Crippen LogP contribution in [0.25, 0.3) is 22.0 Å². The molecule has 132 valence electrons. The van der Waals surface area contributed by atoms with Crippen LogP contribution < -0.4 is 15.4 Å². The Kier molecular flexibility index (Phi) is 5.58. The molecule has 0 aliphatic carbocycles. The summed E-state index contributed by atoms with van der Waals surface area (Å²) in [7, 11) is -3.77. The molecule has 1 heterocycles. The number of halogens is 1. The second kappa shape index (κ2) is 7.32. The number of hydrogen-bond donors (Lipinski definition) is 3. The summed E-state index contributed by atoms with van der Waals surface area (Å²) < 4.78 is 24.5. The van der Waals surface area contributed by atoms with Gasteiger partial charge in [-0.15, -0.1) is 12.4 Å². The monoisotopic (exact) mass is 380 g/mol. The van der Waals surface area contributed by atoms with Crippen LogP contribution in [0.3, 0.4) is 0 Å². The molecule has 3 rings (SSSR count). The molecular weight excluding hydrogens is 364 g/mol. The van der Waals surface area contributed by atoms with Gasteiger partial charge in [0.15, 0.2) is 0 Å². The Labute approximate surface area is 150 Å². The number of nitrogens with one attached hydrogen (secondary N) is 2. The molecule has 0 amide bonds. The Bertz CT molecular complexity index is 1050. The van der Waals surface area contributed by atoms with Gasteiger partial charge in [0, 0.05) is 17.0 Å². The molecule has 0 saturated heterocycles. The van der Waals surface area contributed by atoms with Crippen LogP contribution in [0.5, 0.6) is 0 Å². The third-order valence-corrected chi connectivity index (χ3v) is 4.40. The highest BCUT2D eigenvalue weighted by molar-refractivity contribution is 7.87. The number of aromatic amines is 1. The molecule has 9 heteroatoms. The predicted molar refractivity (Wildman–Crippen MR) is 99.7 cm³/mol. The van der Waals surface area contributed by atoms with Crippen LogP contribution in [-0.2, 0) is 10.2 Å². The molecule has 3 aromatic rings. The van der Waals surface area contributed by atoms with E-state index in [1.807, 2.05) is 24.3 Å². The zero-order valence-corrected chi connectivity index (χ0v) is 14.9. The van der Waals surface area contributed by atoms with E-state index in [0.717, 1.165) is 16.5 Å². The molecule has 0 radical (unpaired) electrons. The van der Waals surface area contributed by atoms with Crippen molar-refractivity contribution in [2.75, 3.05) is 0 Å². The number of aromatic nitrogens is 2. The zero-order chi connectivity index (χ0) is 17.3. The Balaban J connectivity index is 0.00000225. The van der Waals surface area contributed by atoms with Crippen LogP contribution in [0.4, 0.5) is 0 Å². The van der Waals surface area contributed by atoms with Gasteiger partial charge in [0.1, 0.15) is 0 Å². The molecule has 4 N–H and O–H groups in total. The van der Waals surface area contributed by atoms with E-state index in [4.69, 9.17) is 5.14 Å². The van der Waals surface area contributed by atoms with Crippen LogP contribution in [0, 0.1) is 0 Å². The lowest BCUT2D eigenvalue weighted by Crippen LogP contribution is -2.32. The zero-order valence-electron chi connectivity index (χ0n) is 13.3. The smallest absolute Gasteiger partial charge is 0.267 e. The van der Waals surface area contributed by atoms with Gasteiger partial charge in [0.2, 0.25) is 0 Å². The molecule has 7 nitrogen and oxygen atoms in total. The maximum atomic E-state index is 11.8. The van der Waals surface area contributed by atoms with Crippen LogP contribution in [0.15, 0.2) is 53.3 Å². The van der Waals surface area contributed by atoms with E-state index in [1.54, 1.807) is 31.2 Å². The van der Waals surface area contributed by atoms with Crippen molar-refractivity contribution in [3.8, 4) is 11.3 Å². The minimum absolute atomic E-state index is 0. The summed E-state index contributed by atoms with van der Waals surface area (Å²) in [5.41, 5.74) is 2.00. The second-order valence-corrected chi connectivity index (χ2v) is 6.78. The molecule has 0 unspecified atom stereocenters. The van der Waals surface area contributed by atoms with Gasteiger partial charge in [0.25, 0.3) is 15.8 Å². The number of nitrogens with zero attached hydrogens (tertiary/aromatic N) is 1. The van der Waals surface area contributed by atoms with Crippen molar-refractivity contribution in [1.82, 2.24) is 14.9 Å². The fraction of sp³-hybridized carbons (Fsp3) is 0.125. The Hall–Kier alpha value is -2.26. The topological polar surface area (TPSA) is 118 Å². The van der Waals surface area contributed by atoms with Crippen molar-refractivity contribution in [3.63, 3.8) is 0 Å². The van der Waals surface area contributed by atoms with Crippen molar-refractivity contribution < 1.29 is 8.42 Å². The number of rotatable bonds is 4. The summed E-state index contributed by atoms with van der Waals surface area (Å²) in [6.07, 6.45) is 0. The van der Waals surface area contributed by atoms with Crippen molar-refractivity contribution in [2.24, 2.45) is 5.14 Å². The number of fused-ring (bicyclic) bond motifs is 1. The molecular formula is C16H17ClN4O3S.